The van der Waals surface area contributed by atoms with Crippen molar-refractivity contribution >= 4 is 11.4 Å². The van der Waals surface area contributed by atoms with Gasteiger partial charge in [0.1, 0.15) is 5.69 Å². The van der Waals surface area contributed by atoms with Crippen LogP contribution >= 0.6 is 0 Å². The molecule has 5 nitrogen and oxygen atoms in total. The Morgan fingerprint density at radius 2 is 2.10 bits per heavy atom. The van der Waals surface area contributed by atoms with Crippen molar-refractivity contribution in [2.24, 2.45) is 0 Å². The van der Waals surface area contributed by atoms with Gasteiger partial charge < -0.3 is 16.0 Å². The maximum absolute atomic E-state index is 12.7. The van der Waals surface area contributed by atoms with Gasteiger partial charge in [0.15, 0.2) is 0 Å². The quantitative estimate of drug-likeness (QED) is 0.882. The Morgan fingerprint density at radius 3 is 2.76 bits per heavy atom. The van der Waals surface area contributed by atoms with E-state index in [1.165, 1.54) is 0 Å². The second-order valence-electron chi connectivity index (χ2n) is 5.43. The molecule has 3 N–H and O–H groups in total. The lowest BCUT2D eigenvalue weighted by molar-refractivity contribution is -0.141. The van der Waals surface area contributed by atoms with Crippen molar-refractivity contribution < 1.29 is 13.2 Å². The molecule has 2 rings (SSSR count). The van der Waals surface area contributed by atoms with Crippen LogP contribution in [0.4, 0.5) is 24.5 Å². The molecule has 8 heteroatoms. The summed E-state index contributed by atoms with van der Waals surface area (Å²) in [5.41, 5.74) is 5.25. The lowest BCUT2D eigenvalue weighted by atomic mass is 10.1. The highest BCUT2D eigenvalue weighted by Gasteiger charge is 2.33. The van der Waals surface area contributed by atoms with E-state index in [0.29, 0.717) is 6.54 Å². The average Bonchev–Trinajstić information content (AvgIpc) is 2.40. The van der Waals surface area contributed by atoms with Gasteiger partial charge in [0, 0.05) is 32.2 Å². The molecule has 0 saturated carbocycles. The molecule has 1 aliphatic rings. The first-order valence-corrected chi connectivity index (χ1v) is 6.72. The Labute approximate surface area is 121 Å². The van der Waals surface area contributed by atoms with E-state index >= 15 is 0 Å². The second-order valence-corrected chi connectivity index (χ2v) is 5.43. The Kier molecular flexibility index (Phi) is 4.58. The van der Waals surface area contributed by atoms with Crippen LogP contribution in [0.2, 0.25) is 0 Å². The maximum atomic E-state index is 12.7. The van der Waals surface area contributed by atoms with Gasteiger partial charge in [-0.3, -0.25) is 4.90 Å². The third kappa shape index (κ3) is 3.98. The van der Waals surface area contributed by atoms with Crippen LogP contribution in [0, 0.1) is 0 Å². The van der Waals surface area contributed by atoms with E-state index in [1.807, 2.05) is 14.1 Å². The van der Waals surface area contributed by atoms with Crippen LogP contribution in [-0.2, 0) is 6.18 Å². The summed E-state index contributed by atoms with van der Waals surface area (Å²) in [6.07, 6.45) is -3.42. The minimum atomic E-state index is -4.47. The number of halogens is 3. The summed E-state index contributed by atoms with van der Waals surface area (Å²) in [5.74, 6) is 0. The number of hydrogen-bond donors (Lipinski definition) is 2. The number of hydrogen-bond acceptors (Lipinski definition) is 5. The Balaban J connectivity index is 2.05. The van der Waals surface area contributed by atoms with E-state index in [2.05, 4.69) is 20.1 Å². The molecule has 1 fully saturated rings. The number of alkyl halides is 3. The first-order chi connectivity index (χ1) is 9.77. The second kappa shape index (κ2) is 6.07. The highest BCUT2D eigenvalue weighted by atomic mass is 19.4. The maximum Gasteiger partial charge on any atom is 0.433 e. The largest absolute Gasteiger partial charge is 0.433 e. The molecule has 1 atom stereocenters. The van der Waals surface area contributed by atoms with Crippen molar-refractivity contribution in [2.75, 3.05) is 51.3 Å². The number of nitrogen functional groups attached to an aromatic ring is 1. The topological polar surface area (TPSA) is 57.4 Å². The normalized spacial score (nSPS) is 21.5. The fraction of sp³-hybridized carbons (Fsp3) is 0.615. The number of rotatable bonds is 3. The Hall–Kier alpha value is -1.54. The lowest BCUT2D eigenvalue weighted by Gasteiger charge is -2.38. The summed E-state index contributed by atoms with van der Waals surface area (Å²) in [5, 5.41) is 3.01. The van der Waals surface area contributed by atoms with Gasteiger partial charge in [-0.05, 0) is 20.2 Å². The predicted molar refractivity (Wildman–Crippen MR) is 76.1 cm³/mol. The summed E-state index contributed by atoms with van der Waals surface area (Å²) >= 11 is 0. The van der Waals surface area contributed by atoms with Crippen molar-refractivity contribution in [2.45, 2.75) is 12.2 Å². The van der Waals surface area contributed by atoms with Crippen molar-refractivity contribution in [3.8, 4) is 0 Å². The van der Waals surface area contributed by atoms with Crippen LogP contribution in [-0.4, -0.2) is 61.1 Å². The molecule has 0 spiro atoms. The van der Waals surface area contributed by atoms with Gasteiger partial charge in [-0.1, -0.05) is 0 Å². The van der Waals surface area contributed by atoms with Gasteiger partial charge in [-0.2, -0.15) is 13.2 Å². The smallest absolute Gasteiger partial charge is 0.396 e. The third-order valence-corrected chi connectivity index (χ3v) is 3.73. The minimum Gasteiger partial charge on any atom is -0.396 e. The number of nitrogens with zero attached hydrogens (tertiary/aromatic N) is 3. The fourth-order valence-electron chi connectivity index (χ4n) is 2.32. The number of likely N-dealkylation sites (N-methyl/N-ethyl adjacent to an activating group) is 2. The molecule has 118 valence electrons. The van der Waals surface area contributed by atoms with E-state index < -0.39 is 11.9 Å². The van der Waals surface area contributed by atoms with Gasteiger partial charge in [-0.25, -0.2) is 4.98 Å². The van der Waals surface area contributed by atoms with Gasteiger partial charge in [0.2, 0.25) is 0 Å². The average molecular weight is 303 g/mol. The standard InChI is InChI=1S/C13H20F3N5/c1-20-3-4-21(2)9(8-20)6-18-11-5-12(13(14,15)16)19-7-10(11)17/h5,7,9H,3-4,6,8,17H2,1-2H3,(H,18,19). The number of anilines is 2. The summed E-state index contributed by atoms with van der Waals surface area (Å²) in [6, 6.07) is 1.19. The van der Waals surface area contributed by atoms with E-state index in [9.17, 15) is 13.2 Å². The number of aromatic nitrogens is 1. The zero-order valence-electron chi connectivity index (χ0n) is 12.1. The molecule has 0 aliphatic carbocycles. The van der Waals surface area contributed by atoms with Crippen LogP contribution in [0.15, 0.2) is 12.3 Å². The molecule has 0 bridgehead atoms. The molecular formula is C13H20F3N5. The van der Waals surface area contributed by atoms with Crippen LogP contribution in [0.1, 0.15) is 5.69 Å². The van der Waals surface area contributed by atoms with E-state index in [4.69, 9.17) is 5.73 Å². The monoisotopic (exact) mass is 303 g/mol. The third-order valence-electron chi connectivity index (χ3n) is 3.73. The van der Waals surface area contributed by atoms with Crippen LogP contribution in [0.5, 0.6) is 0 Å². The summed E-state index contributed by atoms with van der Waals surface area (Å²) < 4.78 is 38.0. The van der Waals surface area contributed by atoms with Crippen molar-refractivity contribution in [1.29, 1.82) is 0 Å². The van der Waals surface area contributed by atoms with Crippen molar-refractivity contribution in [3.63, 3.8) is 0 Å². The van der Waals surface area contributed by atoms with E-state index in [0.717, 1.165) is 31.9 Å². The minimum absolute atomic E-state index is 0.217. The van der Waals surface area contributed by atoms with Gasteiger partial charge >= 0.3 is 6.18 Å². The van der Waals surface area contributed by atoms with Crippen LogP contribution < -0.4 is 11.1 Å². The SMILES string of the molecule is CN1CCN(C)C(CNc2cc(C(F)(F)F)ncc2N)C1. The van der Waals surface area contributed by atoms with Crippen molar-refractivity contribution in [3.05, 3.63) is 18.0 Å². The number of nitrogens with one attached hydrogen (secondary N) is 1. The van der Waals surface area contributed by atoms with Crippen LogP contribution in [0.3, 0.4) is 0 Å². The molecule has 1 aromatic rings. The summed E-state index contributed by atoms with van der Waals surface area (Å²) in [6.45, 7) is 3.32. The van der Waals surface area contributed by atoms with Gasteiger partial charge in [0.25, 0.3) is 0 Å². The van der Waals surface area contributed by atoms with E-state index in [-0.39, 0.29) is 17.4 Å². The zero-order valence-corrected chi connectivity index (χ0v) is 12.1. The number of piperazine rings is 1. The Bertz CT molecular complexity index is 491. The molecule has 1 aromatic heterocycles. The zero-order chi connectivity index (χ0) is 15.6. The molecule has 0 aromatic carbocycles. The Morgan fingerprint density at radius 1 is 1.38 bits per heavy atom. The van der Waals surface area contributed by atoms with Crippen LogP contribution in [0.25, 0.3) is 0 Å². The molecular weight excluding hydrogens is 283 g/mol. The molecule has 2 heterocycles. The fourth-order valence-corrected chi connectivity index (χ4v) is 2.32. The van der Waals surface area contributed by atoms with Gasteiger partial charge in [-0.15, -0.1) is 0 Å². The summed E-state index contributed by atoms with van der Waals surface area (Å²) in [4.78, 5) is 7.71. The van der Waals surface area contributed by atoms with E-state index in [1.54, 1.807) is 0 Å². The molecule has 0 radical (unpaired) electrons. The number of pyridine rings is 1. The molecule has 1 unspecified atom stereocenters. The molecule has 21 heavy (non-hydrogen) atoms. The summed E-state index contributed by atoms with van der Waals surface area (Å²) in [7, 11) is 4.04. The first-order valence-electron chi connectivity index (χ1n) is 6.72. The molecule has 1 aliphatic heterocycles. The predicted octanol–water partition coefficient (Wildman–Crippen LogP) is 1.34. The lowest BCUT2D eigenvalue weighted by Crippen LogP contribution is -2.52. The molecule has 0 amide bonds. The first kappa shape index (κ1) is 15.8. The molecule has 1 saturated heterocycles. The van der Waals surface area contributed by atoms with Gasteiger partial charge in [0.05, 0.1) is 17.6 Å². The van der Waals surface area contributed by atoms with Crippen molar-refractivity contribution in [1.82, 2.24) is 14.8 Å². The number of nitrogens with two attached hydrogens (primary N) is 1. The highest BCUT2D eigenvalue weighted by molar-refractivity contribution is 5.65. The highest BCUT2D eigenvalue weighted by Crippen LogP contribution is 2.31.